The Morgan fingerprint density at radius 3 is 2.38 bits per heavy atom. The first-order chi connectivity index (χ1) is 13.5. The molecule has 0 radical (unpaired) electrons. The first kappa shape index (κ1) is 23.3. The van der Waals surface area contributed by atoms with E-state index < -0.39 is 5.82 Å². The van der Waals surface area contributed by atoms with Crippen molar-refractivity contribution in [1.82, 2.24) is 4.90 Å². The summed E-state index contributed by atoms with van der Waals surface area (Å²) in [5, 5.41) is 0. The van der Waals surface area contributed by atoms with Crippen LogP contribution in [0.4, 0.5) is 4.39 Å². The molecule has 2 aromatic rings. The maximum Gasteiger partial charge on any atom is 0.256 e. The molecular weight excluding hydrogens is 391 g/mol. The Morgan fingerprint density at radius 2 is 1.76 bits per heavy atom. The van der Waals surface area contributed by atoms with E-state index in [1.54, 1.807) is 11.0 Å². The van der Waals surface area contributed by atoms with Crippen molar-refractivity contribution in [3.05, 3.63) is 58.9 Å². The Labute approximate surface area is 178 Å². The Balaban J connectivity index is 0.00000300. The molecule has 2 aromatic carbocycles. The van der Waals surface area contributed by atoms with Crippen LogP contribution in [0.25, 0.3) is 11.1 Å². The molecule has 2 N–H and O–H groups in total. The highest BCUT2D eigenvalue weighted by Crippen LogP contribution is 2.25. The van der Waals surface area contributed by atoms with Crippen molar-refractivity contribution in [2.24, 2.45) is 5.73 Å². The van der Waals surface area contributed by atoms with E-state index in [2.05, 4.69) is 0 Å². The lowest BCUT2D eigenvalue weighted by molar-refractivity contribution is 0.00834. The number of hydrogen-bond donors (Lipinski definition) is 1. The molecule has 0 aromatic heterocycles. The lowest BCUT2D eigenvalue weighted by Gasteiger charge is -2.32. The third-order valence-electron chi connectivity index (χ3n) is 5.47. The average molecular weight is 421 g/mol. The topological polar surface area (TPSA) is 55.6 Å². The molecule has 0 saturated carbocycles. The summed E-state index contributed by atoms with van der Waals surface area (Å²) in [7, 11) is 0. The van der Waals surface area contributed by atoms with Gasteiger partial charge in [-0.3, -0.25) is 4.79 Å². The number of hydrogen-bond acceptors (Lipinski definition) is 3. The molecule has 1 heterocycles. The van der Waals surface area contributed by atoms with Gasteiger partial charge in [0.05, 0.1) is 11.7 Å². The summed E-state index contributed by atoms with van der Waals surface area (Å²) in [6.45, 7) is 6.54. The quantitative estimate of drug-likeness (QED) is 0.700. The summed E-state index contributed by atoms with van der Waals surface area (Å²) < 4.78 is 20.5. The highest BCUT2D eigenvalue weighted by Gasteiger charge is 2.25. The van der Waals surface area contributed by atoms with Gasteiger partial charge in [-0.2, -0.15) is 0 Å². The van der Waals surface area contributed by atoms with E-state index in [0.29, 0.717) is 26.2 Å². The smallest absolute Gasteiger partial charge is 0.256 e. The van der Waals surface area contributed by atoms with Gasteiger partial charge in [0.15, 0.2) is 0 Å². The van der Waals surface area contributed by atoms with Gasteiger partial charge in [-0.15, -0.1) is 12.4 Å². The van der Waals surface area contributed by atoms with E-state index in [1.807, 2.05) is 38.1 Å². The molecule has 0 aliphatic carbocycles. The van der Waals surface area contributed by atoms with Crippen LogP contribution in [0.5, 0.6) is 0 Å². The molecule has 1 saturated heterocycles. The van der Waals surface area contributed by atoms with Crippen LogP contribution < -0.4 is 5.73 Å². The second-order valence-electron chi connectivity index (χ2n) is 7.50. The van der Waals surface area contributed by atoms with Crippen molar-refractivity contribution in [3.8, 4) is 11.1 Å². The molecule has 0 spiro atoms. The highest BCUT2D eigenvalue weighted by atomic mass is 35.5. The van der Waals surface area contributed by atoms with E-state index in [1.165, 1.54) is 11.6 Å². The fourth-order valence-corrected chi connectivity index (χ4v) is 3.52. The Kier molecular flexibility index (Phi) is 8.62. The first-order valence-corrected chi connectivity index (χ1v) is 9.97. The van der Waals surface area contributed by atoms with Gasteiger partial charge in [-0.25, -0.2) is 4.39 Å². The zero-order valence-corrected chi connectivity index (χ0v) is 17.9. The number of ether oxygens (including phenoxy) is 1. The van der Waals surface area contributed by atoms with Gasteiger partial charge in [0.1, 0.15) is 5.82 Å². The van der Waals surface area contributed by atoms with Crippen molar-refractivity contribution < 1.29 is 13.9 Å². The number of halogens is 2. The SMILES string of the molecule is Cc1ccc(-c2ccc(C(=O)N3CCC(OCCCN)CC3)c(F)c2)cc1C.Cl. The fraction of sp³-hybridized carbons (Fsp3) is 0.435. The minimum atomic E-state index is -0.470. The summed E-state index contributed by atoms with van der Waals surface area (Å²) >= 11 is 0. The molecule has 1 aliphatic rings. The molecule has 1 aliphatic heterocycles. The summed E-state index contributed by atoms with van der Waals surface area (Å²) in [5.74, 6) is -0.716. The van der Waals surface area contributed by atoms with E-state index in [9.17, 15) is 9.18 Å². The third kappa shape index (κ3) is 5.78. The van der Waals surface area contributed by atoms with Gasteiger partial charge in [0.2, 0.25) is 0 Å². The largest absolute Gasteiger partial charge is 0.378 e. The van der Waals surface area contributed by atoms with Crippen molar-refractivity contribution >= 4 is 18.3 Å². The minimum absolute atomic E-state index is 0. The Morgan fingerprint density at radius 1 is 1.10 bits per heavy atom. The zero-order valence-electron chi connectivity index (χ0n) is 17.1. The number of carbonyl (C=O) groups excluding carboxylic acids is 1. The van der Waals surface area contributed by atoms with Gasteiger partial charge in [-0.1, -0.05) is 24.3 Å². The normalized spacial score (nSPS) is 14.6. The molecule has 1 amide bonds. The number of rotatable bonds is 6. The van der Waals surface area contributed by atoms with Crippen molar-refractivity contribution in [2.45, 2.75) is 39.2 Å². The van der Waals surface area contributed by atoms with E-state index >= 15 is 0 Å². The summed E-state index contributed by atoms with van der Waals surface area (Å²) in [5.41, 5.74) is 9.71. The number of benzene rings is 2. The molecule has 0 atom stereocenters. The number of amides is 1. The van der Waals surface area contributed by atoms with E-state index in [4.69, 9.17) is 10.5 Å². The molecule has 0 unspecified atom stereocenters. The maximum atomic E-state index is 14.7. The van der Waals surface area contributed by atoms with Crippen LogP contribution in [0.1, 0.15) is 40.7 Å². The van der Waals surface area contributed by atoms with Crippen molar-refractivity contribution in [3.63, 3.8) is 0 Å². The number of nitrogens with zero attached hydrogens (tertiary/aromatic N) is 1. The van der Waals surface area contributed by atoms with Crippen LogP contribution in [-0.2, 0) is 4.74 Å². The van der Waals surface area contributed by atoms with Gasteiger partial charge < -0.3 is 15.4 Å². The monoisotopic (exact) mass is 420 g/mol. The molecule has 4 nitrogen and oxygen atoms in total. The number of piperidine rings is 1. The summed E-state index contributed by atoms with van der Waals surface area (Å²) in [6, 6.07) is 10.9. The molecular formula is C23H30ClFN2O2. The highest BCUT2D eigenvalue weighted by molar-refractivity contribution is 5.95. The number of aryl methyl sites for hydroxylation is 2. The lowest BCUT2D eigenvalue weighted by Crippen LogP contribution is -2.41. The number of carbonyl (C=O) groups is 1. The first-order valence-electron chi connectivity index (χ1n) is 9.97. The maximum absolute atomic E-state index is 14.7. The second kappa shape index (κ2) is 10.7. The van der Waals surface area contributed by atoms with Gasteiger partial charge in [-0.05, 0) is 74.0 Å². The van der Waals surface area contributed by atoms with Crippen molar-refractivity contribution in [1.29, 1.82) is 0 Å². The predicted molar refractivity (Wildman–Crippen MR) is 117 cm³/mol. The molecule has 1 fully saturated rings. The second-order valence-corrected chi connectivity index (χ2v) is 7.50. The number of nitrogens with two attached hydrogens (primary N) is 1. The average Bonchev–Trinajstić information content (AvgIpc) is 2.70. The number of likely N-dealkylation sites (tertiary alicyclic amines) is 1. The van der Waals surface area contributed by atoms with Gasteiger partial charge in [0.25, 0.3) is 5.91 Å². The van der Waals surface area contributed by atoms with Crippen molar-refractivity contribution in [2.75, 3.05) is 26.2 Å². The van der Waals surface area contributed by atoms with Crippen LogP contribution in [0, 0.1) is 19.7 Å². The Bertz CT molecular complexity index is 836. The predicted octanol–water partition coefficient (Wildman–Crippen LogP) is 4.50. The van der Waals surface area contributed by atoms with Crippen LogP contribution in [0.2, 0.25) is 0 Å². The molecule has 0 bridgehead atoms. The van der Waals surface area contributed by atoms with Crippen LogP contribution in [0.3, 0.4) is 0 Å². The molecule has 3 rings (SSSR count). The van der Waals surface area contributed by atoms with Gasteiger partial charge >= 0.3 is 0 Å². The Hall–Kier alpha value is -1.95. The minimum Gasteiger partial charge on any atom is -0.378 e. The van der Waals surface area contributed by atoms with E-state index in [0.717, 1.165) is 36.0 Å². The molecule has 29 heavy (non-hydrogen) atoms. The van der Waals surface area contributed by atoms with Crippen LogP contribution in [0.15, 0.2) is 36.4 Å². The molecule has 158 valence electrons. The summed E-state index contributed by atoms with van der Waals surface area (Å²) in [4.78, 5) is 14.5. The van der Waals surface area contributed by atoms with E-state index in [-0.39, 0.29) is 30.0 Å². The zero-order chi connectivity index (χ0) is 20.1. The molecule has 6 heteroatoms. The lowest BCUT2D eigenvalue weighted by atomic mass is 9.98. The fourth-order valence-electron chi connectivity index (χ4n) is 3.52. The third-order valence-corrected chi connectivity index (χ3v) is 5.47. The van der Waals surface area contributed by atoms with Crippen LogP contribution in [-0.4, -0.2) is 43.2 Å². The van der Waals surface area contributed by atoms with Crippen LogP contribution >= 0.6 is 12.4 Å². The van der Waals surface area contributed by atoms with Gasteiger partial charge in [0, 0.05) is 19.7 Å². The standard InChI is InChI=1S/C23H29FN2O2.ClH/c1-16-4-5-18(14-17(16)2)19-6-7-21(22(24)15-19)23(27)26-11-8-20(9-12-26)28-13-3-10-25;/h4-7,14-15,20H,3,8-13,25H2,1-2H3;1H. The summed E-state index contributed by atoms with van der Waals surface area (Å²) in [6.07, 6.45) is 2.56.